The van der Waals surface area contributed by atoms with Gasteiger partial charge in [0.15, 0.2) is 0 Å². The van der Waals surface area contributed by atoms with Gasteiger partial charge in [0.1, 0.15) is 5.82 Å². The van der Waals surface area contributed by atoms with Gasteiger partial charge >= 0.3 is 5.97 Å². The number of carboxylic acids is 1. The van der Waals surface area contributed by atoms with Crippen LogP contribution in [0.15, 0.2) is 36.4 Å². The summed E-state index contributed by atoms with van der Waals surface area (Å²) in [6.07, 6.45) is 1.81. The van der Waals surface area contributed by atoms with Gasteiger partial charge in [-0.15, -0.1) is 0 Å². The third kappa shape index (κ3) is 4.22. The van der Waals surface area contributed by atoms with Crippen molar-refractivity contribution in [2.45, 2.75) is 38.2 Å². The number of hydrogen-bond acceptors (Lipinski definition) is 3. The van der Waals surface area contributed by atoms with Crippen LogP contribution in [0.4, 0.5) is 4.39 Å². The molecule has 1 heterocycles. The smallest absolute Gasteiger partial charge is 0.336 e. The van der Waals surface area contributed by atoms with E-state index in [2.05, 4.69) is 0 Å². The number of halogens is 2. The molecule has 0 bridgehead atoms. The molecule has 4 nitrogen and oxygen atoms in total. The number of rotatable bonds is 6. The first-order valence-electron chi connectivity index (χ1n) is 9.46. The quantitative estimate of drug-likeness (QED) is 0.723. The van der Waals surface area contributed by atoms with E-state index in [1.165, 1.54) is 12.1 Å². The molecule has 1 saturated heterocycles. The molecule has 1 aliphatic heterocycles. The van der Waals surface area contributed by atoms with Gasteiger partial charge < -0.3 is 14.9 Å². The SMILES string of the molecule is CCC(O)(c1cc(F)c(Cc2ccc(Cl)cc2)c(C(=O)O)c1)C1CCOCC1. The molecular formula is C22H24ClFO4. The van der Waals surface area contributed by atoms with Crippen molar-refractivity contribution in [1.82, 2.24) is 0 Å². The Morgan fingerprint density at radius 1 is 1.25 bits per heavy atom. The summed E-state index contributed by atoms with van der Waals surface area (Å²) < 4.78 is 20.4. The van der Waals surface area contributed by atoms with Gasteiger partial charge in [-0.25, -0.2) is 9.18 Å². The van der Waals surface area contributed by atoms with Crippen molar-refractivity contribution in [3.8, 4) is 0 Å². The third-order valence-electron chi connectivity index (χ3n) is 5.66. The van der Waals surface area contributed by atoms with E-state index in [0.717, 1.165) is 5.56 Å². The Morgan fingerprint density at radius 3 is 2.46 bits per heavy atom. The molecule has 0 radical (unpaired) electrons. The van der Waals surface area contributed by atoms with Gasteiger partial charge in [-0.3, -0.25) is 0 Å². The number of benzene rings is 2. The number of carbonyl (C=O) groups is 1. The summed E-state index contributed by atoms with van der Waals surface area (Å²) in [5.74, 6) is -1.94. The molecule has 0 spiro atoms. The molecule has 2 aromatic rings. The summed E-state index contributed by atoms with van der Waals surface area (Å²) >= 11 is 5.88. The van der Waals surface area contributed by atoms with E-state index in [0.29, 0.717) is 43.1 Å². The lowest BCUT2D eigenvalue weighted by Crippen LogP contribution is -2.38. The minimum Gasteiger partial charge on any atom is -0.478 e. The molecule has 1 fully saturated rings. The molecule has 28 heavy (non-hydrogen) atoms. The monoisotopic (exact) mass is 406 g/mol. The number of ether oxygens (including phenoxy) is 1. The number of aromatic carboxylic acids is 1. The Bertz CT molecular complexity index is 846. The van der Waals surface area contributed by atoms with Crippen LogP contribution in [0, 0.1) is 11.7 Å². The van der Waals surface area contributed by atoms with E-state index < -0.39 is 17.4 Å². The zero-order valence-electron chi connectivity index (χ0n) is 15.8. The van der Waals surface area contributed by atoms with Crippen molar-refractivity contribution in [2.24, 2.45) is 5.92 Å². The van der Waals surface area contributed by atoms with Gasteiger partial charge in [0.05, 0.1) is 11.2 Å². The number of carboxylic acid groups (broad SMARTS) is 1. The Morgan fingerprint density at radius 2 is 1.89 bits per heavy atom. The van der Waals surface area contributed by atoms with Gasteiger partial charge in [0.25, 0.3) is 0 Å². The van der Waals surface area contributed by atoms with Gasteiger partial charge in [-0.2, -0.15) is 0 Å². The third-order valence-corrected chi connectivity index (χ3v) is 5.91. The minimum absolute atomic E-state index is 0.101. The van der Waals surface area contributed by atoms with Crippen LogP contribution in [0.2, 0.25) is 5.02 Å². The van der Waals surface area contributed by atoms with E-state index in [9.17, 15) is 15.0 Å². The zero-order chi connectivity index (χ0) is 20.3. The Hall–Kier alpha value is -1.95. The lowest BCUT2D eigenvalue weighted by atomic mass is 9.74. The standard InChI is InChI=1S/C22H24ClFO4/c1-2-22(27,15-7-9-28-10-8-15)16-12-19(21(25)26)18(20(24)13-16)11-14-3-5-17(23)6-4-14/h3-6,12-13,15,27H,2,7-11H2,1H3,(H,25,26). The minimum atomic E-state index is -1.28. The fourth-order valence-corrected chi connectivity index (χ4v) is 4.09. The van der Waals surface area contributed by atoms with E-state index in [1.807, 2.05) is 6.92 Å². The number of aliphatic hydroxyl groups is 1. The summed E-state index contributed by atoms with van der Waals surface area (Å²) in [6, 6.07) is 9.57. The Labute approximate surface area is 168 Å². The average Bonchev–Trinajstić information content (AvgIpc) is 2.70. The maximum absolute atomic E-state index is 15.0. The summed E-state index contributed by atoms with van der Waals surface area (Å²) in [5.41, 5.74) is -0.230. The van der Waals surface area contributed by atoms with Crippen molar-refractivity contribution >= 4 is 17.6 Å². The largest absolute Gasteiger partial charge is 0.478 e. The molecule has 0 saturated carbocycles. The van der Waals surface area contributed by atoms with E-state index >= 15 is 4.39 Å². The molecule has 0 amide bonds. The fraction of sp³-hybridized carbons (Fsp3) is 0.409. The van der Waals surface area contributed by atoms with Crippen molar-refractivity contribution in [3.05, 3.63) is 69.5 Å². The predicted octanol–water partition coefficient (Wildman–Crippen LogP) is 4.79. The molecular weight excluding hydrogens is 383 g/mol. The molecule has 2 N–H and O–H groups in total. The Kier molecular flexibility index (Phi) is 6.38. The summed E-state index contributed by atoms with van der Waals surface area (Å²) in [4.78, 5) is 11.9. The first kappa shape index (κ1) is 20.8. The second-order valence-electron chi connectivity index (χ2n) is 7.26. The van der Waals surface area contributed by atoms with Crippen LogP contribution in [-0.2, 0) is 16.8 Å². The molecule has 150 valence electrons. The topological polar surface area (TPSA) is 66.8 Å². The van der Waals surface area contributed by atoms with Crippen LogP contribution in [-0.4, -0.2) is 29.4 Å². The lowest BCUT2D eigenvalue weighted by molar-refractivity contribution is -0.0732. The van der Waals surface area contributed by atoms with Crippen LogP contribution in [0.1, 0.15) is 53.2 Å². The second kappa shape index (κ2) is 8.60. The molecule has 0 aromatic heterocycles. The van der Waals surface area contributed by atoms with E-state index in [-0.39, 0.29) is 23.5 Å². The van der Waals surface area contributed by atoms with E-state index in [1.54, 1.807) is 24.3 Å². The molecule has 1 atom stereocenters. The maximum Gasteiger partial charge on any atom is 0.336 e. The maximum atomic E-state index is 15.0. The highest BCUT2D eigenvalue weighted by atomic mass is 35.5. The lowest BCUT2D eigenvalue weighted by Gasteiger charge is -2.38. The van der Waals surface area contributed by atoms with Crippen LogP contribution in [0.25, 0.3) is 0 Å². The van der Waals surface area contributed by atoms with Gasteiger partial charge in [-0.05, 0) is 60.6 Å². The molecule has 6 heteroatoms. The zero-order valence-corrected chi connectivity index (χ0v) is 16.5. The molecule has 0 aliphatic carbocycles. The number of hydrogen-bond donors (Lipinski definition) is 2. The van der Waals surface area contributed by atoms with Crippen molar-refractivity contribution < 1.29 is 24.1 Å². The summed E-state index contributed by atoms with van der Waals surface area (Å²) in [7, 11) is 0. The summed E-state index contributed by atoms with van der Waals surface area (Å²) in [5, 5.41) is 21.6. The van der Waals surface area contributed by atoms with Gasteiger partial charge in [-0.1, -0.05) is 30.7 Å². The van der Waals surface area contributed by atoms with Crippen LogP contribution >= 0.6 is 11.6 Å². The van der Waals surface area contributed by atoms with Crippen LogP contribution in [0.5, 0.6) is 0 Å². The highest BCUT2D eigenvalue weighted by Crippen LogP contribution is 2.40. The van der Waals surface area contributed by atoms with Crippen molar-refractivity contribution in [2.75, 3.05) is 13.2 Å². The second-order valence-corrected chi connectivity index (χ2v) is 7.69. The van der Waals surface area contributed by atoms with Crippen LogP contribution in [0.3, 0.4) is 0 Å². The first-order valence-corrected chi connectivity index (χ1v) is 9.83. The Balaban J connectivity index is 2.02. The first-order chi connectivity index (χ1) is 13.3. The fourth-order valence-electron chi connectivity index (χ4n) is 3.97. The normalized spacial score (nSPS) is 17.3. The van der Waals surface area contributed by atoms with E-state index in [4.69, 9.17) is 16.3 Å². The summed E-state index contributed by atoms with van der Waals surface area (Å²) in [6.45, 7) is 2.90. The highest BCUT2D eigenvalue weighted by molar-refractivity contribution is 6.30. The molecule has 3 rings (SSSR count). The molecule has 1 aliphatic rings. The predicted molar refractivity (Wildman–Crippen MR) is 105 cm³/mol. The van der Waals surface area contributed by atoms with Crippen molar-refractivity contribution in [1.29, 1.82) is 0 Å². The van der Waals surface area contributed by atoms with Crippen molar-refractivity contribution in [3.63, 3.8) is 0 Å². The van der Waals surface area contributed by atoms with Crippen LogP contribution < -0.4 is 0 Å². The molecule has 1 unspecified atom stereocenters. The molecule has 2 aromatic carbocycles. The average molecular weight is 407 g/mol. The van der Waals surface area contributed by atoms with Gasteiger partial charge in [0.2, 0.25) is 0 Å². The highest BCUT2D eigenvalue weighted by Gasteiger charge is 2.39. The van der Waals surface area contributed by atoms with Gasteiger partial charge in [0, 0.05) is 30.2 Å².